The molecule has 0 aromatic carbocycles. The number of likely N-dealkylation sites (tertiary alicyclic amines) is 1. The zero-order valence-corrected chi connectivity index (χ0v) is 17.7. The third-order valence-electron chi connectivity index (χ3n) is 4.22. The number of aromatic nitrogens is 4. The number of halogens is 3. The summed E-state index contributed by atoms with van der Waals surface area (Å²) in [5, 5.41) is 6.22. The van der Waals surface area contributed by atoms with Gasteiger partial charge in [-0.3, -0.25) is 0 Å². The first-order valence-electron chi connectivity index (χ1n) is 9.00. The van der Waals surface area contributed by atoms with Gasteiger partial charge in [-0.05, 0) is 45.0 Å². The molecule has 0 radical (unpaired) electrons. The number of methoxy groups -OCH3 is 1. The average molecular weight is 447 g/mol. The molecule has 0 unspecified atom stereocenters. The summed E-state index contributed by atoms with van der Waals surface area (Å²) in [5.74, 6) is 1.15. The first-order valence-corrected chi connectivity index (χ1v) is 10.1. The second-order valence-corrected chi connectivity index (χ2v) is 8.63. The Bertz CT molecular complexity index is 764. The van der Waals surface area contributed by atoms with Gasteiger partial charge in [-0.25, -0.2) is 4.98 Å². The smallest absolute Gasteiger partial charge is 0.250 e. The monoisotopic (exact) mass is 445 g/mol. The first kappa shape index (κ1) is 21.1. The van der Waals surface area contributed by atoms with Crippen LogP contribution in [0.4, 0.5) is 17.6 Å². The molecule has 1 aliphatic rings. The highest BCUT2D eigenvalue weighted by atomic mass is 35.6. The zero-order valence-electron chi connectivity index (χ0n) is 15.5. The molecule has 0 saturated carbocycles. The molecule has 1 saturated heterocycles. The van der Waals surface area contributed by atoms with E-state index in [-0.39, 0.29) is 11.8 Å². The van der Waals surface area contributed by atoms with Crippen LogP contribution in [-0.4, -0.2) is 58.1 Å². The Morgan fingerprint density at radius 2 is 1.86 bits per heavy atom. The second kappa shape index (κ2) is 9.73. The molecule has 2 aromatic rings. The van der Waals surface area contributed by atoms with E-state index in [0.717, 1.165) is 13.0 Å². The minimum absolute atomic E-state index is 0.0403. The molecule has 0 atom stereocenters. The van der Waals surface area contributed by atoms with Crippen LogP contribution in [0.2, 0.25) is 0 Å². The molecule has 3 heterocycles. The van der Waals surface area contributed by atoms with Gasteiger partial charge in [0.05, 0.1) is 19.0 Å². The zero-order chi connectivity index (χ0) is 20.0. The largest absolute Gasteiger partial charge is 0.481 e. The summed E-state index contributed by atoms with van der Waals surface area (Å²) in [7, 11) is 1.55. The van der Waals surface area contributed by atoms with Gasteiger partial charge < -0.3 is 20.3 Å². The summed E-state index contributed by atoms with van der Waals surface area (Å²) in [5.41, 5.74) is 0.669. The van der Waals surface area contributed by atoms with Crippen LogP contribution >= 0.6 is 34.8 Å². The van der Waals surface area contributed by atoms with Crippen molar-refractivity contribution in [3.63, 3.8) is 0 Å². The van der Waals surface area contributed by atoms with E-state index < -0.39 is 3.79 Å². The van der Waals surface area contributed by atoms with Crippen molar-refractivity contribution < 1.29 is 4.74 Å². The van der Waals surface area contributed by atoms with Gasteiger partial charge in [-0.15, -0.1) is 0 Å². The molecule has 28 heavy (non-hydrogen) atoms. The summed E-state index contributed by atoms with van der Waals surface area (Å²) in [6.07, 6.45) is 5.13. The fraction of sp³-hybridized carbons (Fsp3) is 0.529. The number of hydrogen-bond acceptors (Lipinski definition) is 8. The molecule has 1 aliphatic heterocycles. The topological polar surface area (TPSA) is 88.1 Å². The minimum atomic E-state index is -1.76. The molecule has 0 aliphatic carbocycles. The Labute approximate surface area is 179 Å². The third-order valence-corrected chi connectivity index (χ3v) is 4.73. The van der Waals surface area contributed by atoms with E-state index >= 15 is 0 Å². The number of rotatable bonds is 8. The SMILES string of the molecule is COc1ccc(Nc2nc(NCCCN3CCCC3)nc(C(Cl)(Cl)Cl)n2)cn1. The quantitative estimate of drug-likeness (QED) is 0.468. The summed E-state index contributed by atoms with van der Waals surface area (Å²) in [6.45, 7) is 4.10. The molecule has 2 aromatic heterocycles. The van der Waals surface area contributed by atoms with Crippen LogP contribution in [0.25, 0.3) is 0 Å². The van der Waals surface area contributed by atoms with Crippen molar-refractivity contribution in [2.45, 2.75) is 23.1 Å². The predicted molar refractivity (Wildman–Crippen MR) is 112 cm³/mol. The van der Waals surface area contributed by atoms with E-state index in [9.17, 15) is 0 Å². The maximum absolute atomic E-state index is 5.98. The number of hydrogen-bond donors (Lipinski definition) is 2. The molecule has 8 nitrogen and oxygen atoms in total. The predicted octanol–water partition coefficient (Wildman–Crippen LogP) is 3.74. The van der Waals surface area contributed by atoms with Crippen molar-refractivity contribution >= 4 is 52.4 Å². The van der Waals surface area contributed by atoms with Crippen molar-refractivity contribution in [1.29, 1.82) is 0 Å². The molecule has 152 valence electrons. The van der Waals surface area contributed by atoms with Gasteiger partial charge in [-0.2, -0.15) is 15.0 Å². The molecular weight excluding hydrogens is 425 g/mol. The van der Waals surface area contributed by atoms with Crippen LogP contribution in [-0.2, 0) is 3.79 Å². The Morgan fingerprint density at radius 3 is 2.50 bits per heavy atom. The summed E-state index contributed by atoms with van der Waals surface area (Å²) < 4.78 is 3.29. The Kier molecular flexibility index (Phi) is 7.34. The maximum Gasteiger partial charge on any atom is 0.250 e. The molecule has 2 N–H and O–H groups in total. The van der Waals surface area contributed by atoms with Crippen LogP contribution in [0.1, 0.15) is 25.1 Å². The Hall–Kier alpha value is -1.61. The number of anilines is 3. The average Bonchev–Trinajstić information content (AvgIpc) is 3.18. The van der Waals surface area contributed by atoms with Gasteiger partial charge in [0.15, 0.2) is 5.82 Å². The van der Waals surface area contributed by atoms with E-state index in [1.54, 1.807) is 25.4 Å². The molecular formula is C17H22Cl3N7O. The van der Waals surface area contributed by atoms with Crippen LogP contribution in [0.3, 0.4) is 0 Å². The van der Waals surface area contributed by atoms with Gasteiger partial charge >= 0.3 is 0 Å². The first-order chi connectivity index (χ1) is 13.4. The summed E-state index contributed by atoms with van der Waals surface area (Å²) in [4.78, 5) is 19.4. The van der Waals surface area contributed by atoms with Gasteiger partial charge in [-0.1, -0.05) is 34.8 Å². The number of nitrogens with zero attached hydrogens (tertiary/aromatic N) is 5. The van der Waals surface area contributed by atoms with E-state index in [1.165, 1.54) is 25.9 Å². The van der Waals surface area contributed by atoms with E-state index in [4.69, 9.17) is 39.5 Å². The molecule has 1 fully saturated rings. The third kappa shape index (κ3) is 6.20. The number of ether oxygens (including phenoxy) is 1. The van der Waals surface area contributed by atoms with Crippen molar-refractivity contribution in [3.05, 3.63) is 24.2 Å². The van der Waals surface area contributed by atoms with Gasteiger partial charge in [0, 0.05) is 12.6 Å². The highest BCUT2D eigenvalue weighted by molar-refractivity contribution is 6.66. The van der Waals surface area contributed by atoms with E-state index in [1.807, 2.05) is 0 Å². The maximum atomic E-state index is 5.98. The lowest BCUT2D eigenvalue weighted by atomic mass is 10.4. The van der Waals surface area contributed by atoms with Crippen LogP contribution in [0.5, 0.6) is 5.88 Å². The van der Waals surface area contributed by atoms with E-state index in [0.29, 0.717) is 24.1 Å². The van der Waals surface area contributed by atoms with E-state index in [2.05, 4.69) is 35.5 Å². The lowest BCUT2D eigenvalue weighted by Gasteiger charge is -2.16. The summed E-state index contributed by atoms with van der Waals surface area (Å²) >= 11 is 17.9. The molecule has 3 rings (SSSR count). The lowest BCUT2D eigenvalue weighted by Crippen LogP contribution is -2.23. The highest BCUT2D eigenvalue weighted by Crippen LogP contribution is 2.36. The number of pyridine rings is 1. The van der Waals surface area contributed by atoms with Crippen molar-refractivity contribution in [3.8, 4) is 5.88 Å². The van der Waals surface area contributed by atoms with Crippen molar-refractivity contribution in [2.24, 2.45) is 0 Å². The second-order valence-electron chi connectivity index (χ2n) is 6.35. The van der Waals surface area contributed by atoms with Gasteiger partial charge in [0.25, 0.3) is 0 Å². The fourth-order valence-electron chi connectivity index (χ4n) is 2.85. The summed E-state index contributed by atoms with van der Waals surface area (Å²) in [6, 6.07) is 3.50. The van der Waals surface area contributed by atoms with Crippen molar-refractivity contribution in [1.82, 2.24) is 24.8 Å². The van der Waals surface area contributed by atoms with Gasteiger partial charge in [0.2, 0.25) is 21.6 Å². The Morgan fingerprint density at radius 1 is 1.11 bits per heavy atom. The normalized spacial score (nSPS) is 14.9. The number of alkyl halides is 3. The van der Waals surface area contributed by atoms with Crippen LogP contribution in [0, 0.1) is 0 Å². The van der Waals surface area contributed by atoms with Crippen molar-refractivity contribution in [2.75, 3.05) is 43.9 Å². The van der Waals surface area contributed by atoms with Crippen LogP contribution in [0.15, 0.2) is 18.3 Å². The van der Waals surface area contributed by atoms with Crippen LogP contribution < -0.4 is 15.4 Å². The lowest BCUT2D eigenvalue weighted by molar-refractivity contribution is 0.337. The highest BCUT2D eigenvalue weighted by Gasteiger charge is 2.28. The molecule has 0 bridgehead atoms. The minimum Gasteiger partial charge on any atom is -0.481 e. The Balaban J connectivity index is 1.67. The molecule has 0 amide bonds. The molecule has 0 spiro atoms. The molecule has 11 heteroatoms. The standard InChI is InChI=1S/C17H22Cl3N7O/c1-28-13-6-5-12(11-22-13)23-16-25-14(17(18,19)20)24-15(26-16)21-7-4-10-27-8-2-3-9-27/h5-6,11H,2-4,7-10H2,1H3,(H2,21,23,24,25,26). The van der Waals surface area contributed by atoms with Gasteiger partial charge in [0.1, 0.15) is 0 Å². The fourth-order valence-corrected chi connectivity index (χ4v) is 3.10. The number of nitrogens with one attached hydrogen (secondary N) is 2.